The zero-order chi connectivity index (χ0) is 12.6. The summed E-state index contributed by atoms with van der Waals surface area (Å²) in [6, 6.07) is -0.0974. The molecule has 0 radical (unpaired) electrons. The fourth-order valence-corrected chi connectivity index (χ4v) is 5.10. The number of hydrogen-bond donors (Lipinski definition) is 1. The van der Waals surface area contributed by atoms with Crippen molar-refractivity contribution >= 4 is 16.0 Å². The van der Waals surface area contributed by atoms with Crippen molar-refractivity contribution in [1.29, 1.82) is 0 Å². The fourth-order valence-electron chi connectivity index (χ4n) is 2.95. The molecule has 1 N–H and O–H groups in total. The van der Waals surface area contributed by atoms with Crippen LogP contribution >= 0.6 is 0 Å². The van der Waals surface area contributed by atoms with Gasteiger partial charge >= 0.3 is 5.97 Å². The molecule has 0 aromatic rings. The normalized spacial score (nSPS) is 38.1. The van der Waals surface area contributed by atoms with Crippen molar-refractivity contribution in [2.45, 2.75) is 38.6 Å². The van der Waals surface area contributed by atoms with Gasteiger partial charge in [-0.25, -0.2) is 8.42 Å². The van der Waals surface area contributed by atoms with E-state index in [0.717, 1.165) is 12.8 Å². The molecule has 1 heterocycles. The molecule has 0 spiro atoms. The number of carbonyl (C=O) groups is 1. The van der Waals surface area contributed by atoms with Crippen molar-refractivity contribution in [3.8, 4) is 0 Å². The van der Waals surface area contributed by atoms with Crippen molar-refractivity contribution < 1.29 is 18.3 Å². The largest absolute Gasteiger partial charge is 0.481 e. The first-order chi connectivity index (χ1) is 7.90. The van der Waals surface area contributed by atoms with Crippen LogP contribution in [0.15, 0.2) is 0 Å². The van der Waals surface area contributed by atoms with E-state index < -0.39 is 16.0 Å². The van der Waals surface area contributed by atoms with Crippen LogP contribution in [0, 0.1) is 11.8 Å². The lowest BCUT2D eigenvalue weighted by Gasteiger charge is -2.32. The second-order valence-electron chi connectivity index (χ2n) is 5.31. The fraction of sp³-hybridized carbons (Fsp3) is 0.909. The lowest BCUT2D eigenvalue weighted by Crippen LogP contribution is -2.41. The molecule has 1 aliphatic carbocycles. The standard InChI is InChI=1S/C11H19NO4S/c1-8-6-12(17(15,16)7-8)10-4-2-3-9(5-10)11(13)14/h8-10H,2-7H2,1H3,(H,13,14). The Bertz CT molecular complexity index is 406. The Kier molecular flexibility index (Phi) is 3.45. The maximum atomic E-state index is 11.9. The lowest BCUT2D eigenvalue weighted by molar-refractivity contribution is -0.143. The molecule has 6 heteroatoms. The van der Waals surface area contributed by atoms with Gasteiger partial charge in [-0.05, 0) is 25.2 Å². The van der Waals surface area contributed by atoms with Crippen molar-refractivity contribution in [1.82, 2.24) is 4.31 Å². The second kappa shape index (κ2) is 4.57. The molecule has 0 bridgehead atoms. The van der Waals surface area contributed by atoms with Gasteiger partial charge in [0.2, 0.25) is 10.0 Å². The van der Waals surface area contributed by atoms with Gasteiger partial charge < -0.3 is 5.11 Å². The number of nitrogens with zero attached hydrogens (tertiary/aromatic N) is 1. The summed E-state index contributed by atoms with van der Waals surface area (Å²) in [5, 5.41) is 9.01. The number of aliphatic carboxylic acids is 1. The van der Waals surface area contributed by atoms with Crippen LogP contribution in [0.2, 0.25) is 0 Å². The Labute approximate surface area is 102 Å². The zero-order valence-corrected chi connectivity index (χ0v) is 10.8. The molecule has 5 nitrogen and oxygen atoms in total. The summed E-state index contributed by atoms with van der Waals surface area (Å²) in [4.78, 5) is 11.0. The molecule has 2 rings (SSSR count). The lowest BCUT2D eigenvalue weighted by atomic mass is 9.85. The minimum atomic E-state index is -3.14. The Morgan fingerprint density at radius 2 is 2.06 bits per heavy atom. The highest BCUT2D eigenvalue weighted by molar-refractivity contribution is 7.89. The molecule has 0 aromatic heterocycles. The van der Waals surface area contributed by atoms with Gasteiger partial charge in [0.25, 0.3) is 0 Å². The third-order valence-corrected chi connectivity index (χ3v) is 5.90. The van der Waals surface area contributed by atoms with Crippen molar-refractivity contribution in [3.63, 3.8) is 0 Å². The van der Waals surface area contributed by atoms with Gasteiger partial charge in [0, 0.05) is 12.6 Å². The van der Waals surface area contributed by atoms with E-state index >= 15 is 0 Å². The third-order valence-electron chi connectivity index (χ3n) is 3.75. The van der Waals surface area contributed by atoms with Crippen LogP contribution in [-0.2, 0) is 14.8 Å². The first-order valence-electron chi connectivity index (χ1n) is 6.12. The SMILES string of the molecule is CC1CN(C2CCCC(C(=O)O)C2)S(=O)(=O)C1. The Morgan fingerprint density at radius 1 is 1.35 bits per heavy atom. The number of hydrogen-bond acceptors (Lipinski definition) is 3. The predicted molar refractivity (Wildman–Crippen MR) is 63.0 cm³/mol. The number of carboxylic acid groups (broad SMARTS) is 1. The molecule has 2 fully saturated rings. The highest BCUT2D eigenvalue weighted by Crippen LogP contribution is 2.32. The van der Waals surface area contributed by atoms with Gasteiger partial charge in [-0.15, -0.1) is 0 Å². The van der Waals surface area contributed by atoms with Gasteiger partial charge in [0.15, 0.2) is 0 Å². The molecule has 98 valence electrons. The van der Waals surface area contributed by atoms with E-state index in [1.807, 2.05) is 6.92 Å². The molecular formula is C11H19NO4S. The van der Waals surface area contributed by atoms with Crippen LogP contribution in [0.25, 0.3) is 0 Å². The quantitative estimate of drug-likeness (QED) is 0.801. The summed E-state index contributed by atoms with van der Waals surface area (Å²) in [6.45, 7) is 2.48. The average Bonchev–Trinajstić information content (AvgIpc) is 2.52. The highest BCUT2D eigenvalue weighted by atomic mass is 32.2. The van der Waals surface area contributed by atoms with Crippen LogP contribution in [-0.4, -0.2) is 42.1 Å². The minimum Gasteiger partial charge on any atom is -0.481 e. The van der Waals surface area contributed by atoms with Crippen molar-refractivity contribution in [3.05, 3.63) is 0 Å². The smallest absolute Gasteiger partial charge is 0.306 e. The minimum absolute atomic E-state index is 0.0974. The summed E-state index contributed by atoms with van der Waals surface area (Å²) < 4.78 is 25.4. The van der Waals surface area contributed by atoms with E-state index in [2.05, 4.69) is 0 Å². The molecule has 2 aliphatic rings. The third kappa shape index (κ3) is 2.63. The molecule has 0 amide bonds. The van der Waals surface area contributed by atoms with Gasteiger partial charge in [0.1, 0.15) is 0 Å². The molecule has 3 atom stereocenters. The van der Waals surface area contributed by atoms with Crippen molar-refractivity contribution in [2.24, 2.45) is 11.8 Å². The van der Waals surface area contributed by atoms with E-state index in [1.54, 1.807) is 4.31 Å². The summed E-state index contributed by atoms with van der Waals surface area (Å²) in [5.41, 5.74) is 0. The topological polar surface area (TPSA) is 74.7 Å². The summed E-state index contributed by atoms with van der Waals surface area (Å²) in [7, 11) is -3.14. The summed E-state index contributed by atoms with van der Waals surface area (Å²) >= 11 is 0. The first-order valence-corrected chi connectivity index (χ1v) is 7.73. The molecule has 1 saturated heterocycles. The summed E-state index contributed by atoms with van der Waals surface area (Å²) in [6.07, 6.45) is 2.76. The summed E-state index contributed by atoms with van der Waals surface area (Å²) in [5.74, 6) is -0.800. The Balaban J connectivity index is 2.10. The molecule has 17 heavy (non-hydrogen) atoms. The van der Waals surface area contributed by atoms with E-state index in [0.29, 0.717) is 19.4 Å². The van der Waals surface area contributed by atoms with Crippen LogP contribution in [0.1, 0.15) is 32.6 Å². The predicted octanol–water partition coefficient (Wildman–Crippen LogP) is 0.911. The first kappa shape index (κ1) is 12.8. The van der Waals surface area contributed by atoms with Crippen LogP contribution in [0.5, 0.6) is 0 Å². The van der Waals surface area contributed by atoms with Gasteiger partial charge in [-0.3, -0.25) is 4.79 Å². The van der Waals surface area contributed by atoms with Crippen LogP contribution in [0.3, 0.4) is 0 Å². The number of sulfonamides is 1. The van der Waals surface area contributed by atoms with E-state index in [9.17, 15) is 13.2 Å². The van der Waals surface area contributed by atoms with Gasteiger partial charge in [0.05, 0.1) is 11.7 Å². The van der Waals surface area contributed by atoms with Crippen LogP contribution < -0.4 is 0 Å². The molecular weight excluding hydrogens is 242 g/mol. The van der Waals surface area contributed by atoms with Crippen LogP contribution in [0.4, 0.5) is 0 Å². The average molecular weight is 261 g/mol. The maximum absolute atomic E-state index is 11.9. The Morgan fingerprint density at radius 3 is 2.59 bits per heavy atom. The van der Waals surface area contributed by atoms with Gasteiger partial charge in [-0.1, -0.05) is 13.3 Å². The molecule has 1 saturated carbocycles. The monoisotopic (exact) mass is 261 g/mol. The second-order valence-corrected chi connectivity index (χ2v) is 7.28. The van der Waals surface area contributed by atoms with Gasteiger partial charge in [-0.2, -0.15) is 4.31 Å². The highest BCUT2D eigenvalue weighted by Gasteiger charge is 2.41. The molecule has 3 unspecified atom stereocenters. The number of carboxylic acids is 1. The van der Waals surface area contributed by atoms with E-state index in [1.165, 1.54) is 0 Å². The maximum Gasteiger partial charge on any atom is 0.306 e. The zero-order valence-electron chi connectivity index (χ0n) is 10.0. The van der Waals surface area contributed by atoms with E-state index in [-0.39, 0.29) is 23.6 Å². The molecule has 0 aromatic carbocycles. The van der Waals surface area contributed by atoms with Crippen molar-refractivity contribution in [2.75, 3.05) is 12.3 Å². The Hall–Kier alpha value is -0.620. The van der Waals surface area contributed by atoms with E-state index in [4.69, 9.17) is 5.11 Å². The number of rotatable bonds is 2. The molecule has 1 aliphatic heterocycles.